The van der Waals surface area contributed by atoms with E-state index in [4.69, 9.17) is 5.11 Å². The van der Waals surface area contributed by atoms with Crippen LogP contribution in [0.2, 0.25) is 0 Å². The maximum absolute atomic E-state index is 9.01. The number of aryl methyl sites for hydroxylation is 1. The Balaban J connectivity index is 3.06. The average Bonchev–Trinajstić information content (AvgIpc) is 1.85. The Bertz CT molecular complexity index is 215. The van der Waals surface area contributed by atoms with Gasteiger partial charge in [0.05, 0.1) is 0 Å². The van der Waals surface area contributed by atoms with E-state index in [2.05, 4.69) is 17.1 Å². The standard InChI is InChI=1S/C7H8O2S/c1-5-2-6(8)4-7(3-5)9-10/h2-4,8,10H,1H3. The SMILES string of the molecule is Cc1cc(O)cc(OS)c1. The van der Waals surface area contributed by atoms with Crippen LogP contribution in [0.15, 0.2) is 18.2 Å². The largest absolute Gasteiger partial charge is 0.508 e. The number of phenolic OH excluding ortho intramolecular Hbond substituents is 1. The molecule has 0 bridgehead atoms. The third-order valence-electron chi connectivity index (χ3n) is 1.14. The quantitative estimate of drug-likeness (QED) is 0.480. The molecule has 54 valence electrons. The van der Waals surface area contributed by atoms with Gasteiger partial charge in [0.1, 0.15) is 11.5 Å². The molecule has 1 N–H and O–H groups in total. The first-order valence-electron chi connectivity index (χ1n) is 2.84. The molecule has 0 aliphatic rings. The highest BCUT2D eigenvalue weighted by Gasteiger charge is 1.95. The third-order valence-corrected chi connectivity index (χ3v) is 1.35. The molecule has 0 heterocycles. The number of hydrogen-bond acceptors (Lipinski definition) is 3. The second-order valence-electron chi connectivity index (χ2n) is 2.10. The average molecular weight is 156 g/mol. The molecule has 0 aliphatic carbocycles. The number of aromatic hydroxyl groups is 1. The summed E-state index contributed by atoms with van der Waals surface area (Å²) in [6.07, 6.45) is 0. The summed E-state index contributed by atoms with van der Waals surface area (Å²) in [6, 6.07) is 4.93. The third kappa shape index (κ3) is 1.57. The Labute approximate surface area is 65.1 Å². The first-order chi connectivity index (χ1) is 4.72. The molecule has 3 heteroatoms. The van der Waals surface area contributed by atoms with Gasteiger partial charge in [0.15, 0.2) is 0 Å². The van der Waals surface area contributed by atoms with Gasteiger partial charge in [-0.2, -0.15) is 0 Å². The fraction of sp³-hybridized carbons (Fsp3) is 0.143. The minimum Gasteiger partial charge on any atom is -0.508 e. The summed E-state index contributed by atoms with van der Waals surface area (Å²) in [5.41, 5.74) is 0.948. The molecule has 1 aromatic rings. The van der Waals surface area contributed by atoms with E-state index in [-0.39, 0.29) is 5.75 Å². The Morgan fingerprint density at radius 1 is 1.40 bits per heavy atom. The summed E-state index contributed by atoms with van der Waals surface area (Å²) in [4.78, 5) is 0. The van der Waals surface area contributed by atoms with Gasteiger partial charge in [0.25, 0.3) is 0 Å². The van der Waals surface area contributed by atoms with Gasteiger partial charge in [-0.1, -0.05) is 0 Å². The van der Waals surface area contributed by atoms with Crippen molar-refractivity contribution in [2.45, 2.75) is 6.92 Å². The van der Waals surface area contributed by atoms with Crippen molar-refractivity contribution >= 4 is 12.9 Å². The molecule has 0 amide bonds. The lowest BCUT2D eigenvalue weighted by atomic mass is 10.2. The highest BCUT2D eigenvalue weighted by atomic mass is 32.1. The van der Waals surface area contributed by atoms with Crippen LogP contribution in [0.4, 0.5) is 0 Å². The van der Waals surface area contributed by atoms with Crippen LogP contribution in [0.1, 0.15) is 5.56 Å². The number of hydrogen-bond donors (Lipinski definition) is 2. The van der Waals surface area contributed by atoms with Crippen molar-refractivity contribution in [2.24, 2.45) is 0 Å². The van der Waals surface area contributed by atoms with E-state index in [1.165, 1.54) is 6.07 Å². The number of phenols is 1. The van der Waals surface area contributed by atoms with Crippen molar-refractivity contribution in [3.8, 4) is 11.5 Å². The molecule has 1 aromatic carbocycles. The first-order valence-corrected chi connectivity index (χ1v) is 3.21. The van der Waals surface area contributed by atoms with Gasteiger partial charge in [-0.05, 0) is 24.6 Å². The Morgan fingerprint density at radius 2 is 2.10 bits per heavy atom. The summed E-state index contributed by atoms with van der Waals surface area (Å²) in [5, 5.41) is 9.01. The van der Waals surface area contributed by atoms with Gasteiger partial charge in [-0.15, -0.1) is 0 Å². The van der Waals surface area contributed by atoms with E-state index < -0.39 is 0 Å². The molecule has 0 saturated heterocycles. The molecule has 10 heavy (non-hydrogen) atoms. The van der Waals surface area contributed by atoms with Crippen LogP contribution in [0.3, 0.4) is 0 Å². The van der Waals surface area contributed by atoms with E-state index in [1.807, 2.05) is 6.92 Å². The summed E-state index contributed by atoms with van der Waals surface area (Å²) in [5.74, 6) is 0.755. The van der Waals surface area contributed by atoms with Gasteiger partial charge in [-0.3, -0.25) is 0 Å². The molecule has 1 rings (SSSR count). The maximum Gasteiger partial charge on any atom is 0.140 e. The van der Waals surface area contributed by atoms with Crippen LogP contribution in [0.25, 0.3) is 0 Å². The summed E-state index contributed by atoms with van der Waals surface area (Å²) in [6.45, 7) is 1.87. The lowest BCUT2D eigenvalue weighted by molar-refractivity contribution is 0.472. The second kappa shape index (κ2) is 2.84. The van der Waals surface area contributed by atoms with Crippen LogP contribution in [0.5, 0.6) is 11.5 Å². The van der Waals surface area contributed by atoms with Gasteiger partial charge in [0, 0.05) is 19.0 Å². The van der Waals surface area contributed by atoms with Gasteiger partial charge in [-0.25, -0.2) is 0 Å². The molecule has 0 radical (unpaired) electrons. The fourth-order valence-corrected chi connectivity index (χ4v) is 0.887. The second-order valence-corrected chi connectivity index (χ2v) is 2.28. The monoisotopic (exact) mass is 156 g/mol. The van der Waals surface area contributed by atoms with Crippen molar-refractivity contribution in [1.29, 1.82) is 0 Å². The molecule has 0 atom stereocenters. The van der Waals surface area contributed by atoms with Crippen molar-refractivity contribution in [2.75, 3.05) is 0 Å². The Hall–Kier alpha value is -0.830. The molecule has 0 aromatic heterocycles. The maximum atomic E-state index is 9.01. The smallest absolute Gasteiger partial charge is 0.140 e. The molecule has 2 nitrogen and oxygen atoms in total. The van der Waals surface area contributed by atoms with E-state index in [0.717, 1.165) is 5.56 Å². The van der Waals surface area contributed by atoms with E-state index in [0.29, 0.717) is 5.75 Å². The normalized spacial score (nSPS) is 9.40. The molecule has 0 unspecified atom stereocenters. The first kappa shape index (κ1) is 7.28. The van der Waals surface area contributed by atoms with Crippen LogP contribution in [-0.2, 0) is 0 Å². The zero-order valence-corrected chi connectivity index (χ0v) is 6.43. The molecule has 0 saturated carbocycles. The highest BCUT2D eigenvalue weighted by Crippen LogP contribution is 2.21. The lowest BCUT2D eigenvalue weighted by Gasteiger charge is -1.99. The predicted molar refractivity (Wildman–Crippen MR) is 42.5 cm³/mol. The topological polar surface area (TPSA) is 29.5 Å². The highest BCUT2D eigenvalue weighted by molar-refractivity contribution is 7.75. The number of thiol groups is 1. The van der Waals surface area contributed by atoms with Gasteiger partial charge in [0.2, 0.25) is 0 Å². The van der Waals surface area contributed by atoms with Gasteiger partial charge < -0.3 is 9.29 Å². The van der Waals surface area contributed by atoms with Crippen molar-refractivity contribution < 1.29 is 9.29 Å². The lowest BCUT2D eigenvalue weighted by Crippen LogP contribution is -1.76. The van der Waals surface area contributed by atoms with E-state index >= 15 is 0 Å². The van der Waals surface area contributed by atoms with E-state index in [1.54, 1.807) is 12.1 Å². The van der Waals surface area contributed by atoms with Crippen LogP contribution in [-0.4, -0.2) is 5.11 Å². The zero-order chi connectivity index (χ0) is 7.56. The molecular weight excluding hydrogens is 148 g/mol. The van der Waals surface area contributed by atoms with Crippen LogP contribution >= 0.6 is 12.9 Å². The minimum atomic E-state index is 0.198. The molecular formula is C7H8O2S. The molecule has 0 spiro atoms. The minimum absolute atomic E-state index is 0.198. The number of benzene rings is 1. The predicted octanol–water partition coefficient (Wildman–Crippen LogP) is 1.92. The van der Waals surface area contributed by atoms with Gasteiger partial charge >= 0.3 is 0 Å². The summed E-state index contributed by atoms with van der Waals surface area (Å²) >= 11 is 3.59. The van der Waals surface area contributed by atoms with Crippen LogP contribution < -0.4 is 4.18 Å². The van der Waals surface area contributed by atoms with E-state index in [9.17, 15) is 0 Å². The summed E-state index contributed by atoms with van der Waals surface area (Å²) in [7, 11) is 0. The van der Waals surface area contributed by atoms with Crippen molar-refractivity contribution in [1.82, 2.24) is 0 Å². The van der Waals surface area contributed by atoms with Crippen molar-refractivity contribution in [3.63, 3.8) is 0 Å². The zero-order valence-electron chi connectivity index (χ0n) is 5.53. The molecule has 0 aliphatic heterocycles. The van der Waals surface area contributed by atoms with Crippen molar-refractivity contribution in [3.05, 3.63) is 23.8 Å². The number of rotatable bonds is 1. The summed E-state index contributed by atoms with van der Waals surface area (Å²) < 4.78 is 4.61. The fourth-order valence-electron chi connectivity index (χ4n) is 0.781. The molecule has 0 fully saturated rings. The Kier molecular flexibility index (Phi) is 2.06. The Morgan fingerprint density at radius 3 is 2.60 bits per heavy atom. The van der Waals surface area contributed by atoms with Crippen LogP contribution in [0, 0.1) is 6.92 Å².